The standard InChI is InChI=1S/C22H19F2N3O3/c1-3-12-5-4-6-14-15(10-25-19(12)14)18(28)11-27-20(29)22(2,26-21(27)30)16-9-13(23)7-8-17(16)24/h4-10,25H,3,11H2,1-2H3,(H,26,30)/t22-/m1/s1. The van der Waals surface area contributed by atoms with Crippen molar-refractivity contribution in [1.29, 1.82) is 0 Å². The summed E-state index contributed by atoms with van der Waals surface area (Å²) in [4.78, 5) is 42.1. The van der Waals surface area contributed by atoms with E-state index in [9.17, 15) is 23.2 Å². The average molecular weight is 411 g/mol. The number of Topliss-reactive ketones (excluding diaryl/α,β-unsaturated/α-hetero) is 1. The van der Waals surface area contributed by atoms with Crippen molar-refractivity contribution >= 4 is 28.6 Å². The molecule has 3 aromatic rings. The van der Waals surface area contributed by atoms with E-state index in [-0.39, 0.29) is 5.56 Å². The molecule has 0 radical (unpaired) electrons. The number of hydrogen-bond acceptors (Lipinski definition) is 3. The van der Waals surface area contributed by atoms with E-state index in [1.54, 1.807) is 12.3 Å². The zero-order chi connectivity index (χ0) is 21.6. The van der Waals surface area contributed by atoms with Crippen molar-refractivity contribution in [3.05, 3.63) is 70.9 Å². The van der Waals surface area contributed by atoms with Gasteiger partial charge in [0.15, 0.2) is 5.78 Å². The number of nitrogens with one attached hydrogen (secondary N) is 2. The SMILES string of the molecule is CCc1cccc2c(C(=O)CN3C(=O)N[C@](C)(c4cc(F)ccc4F)C3=O)c[nH]c12. The van der Waals surface area contributed by atoms with Gasteiger partial charge in [0.2, 0.25) is 0 Å². The van der Waals surface area contributed by atoms with Crippen molar-refractivity contribution in [2.75, 3.05) is 6.54 Å². The zero-order valence-corrected chi connectivity index (χ0v) is 16.4. The molecule has 6 nitrogen and oxygen atoms in total. The number of aromatic amines is 1. The van der Waals surface area contributed by atoms with E-state index in [4.69, 9.17) is 0 Å². The van der Waals surface area contributed by atoms with Crippen LogP contribution in [0.2, 0.25) is 0 Å². The first-order valence-electron chi connectivity index (χ1n) is 9.48. The number of H-pyrrole nitrogens is 1. The summed E-state index contributed by atoms with van der Waals surface area (Å²) in [6, 6.07) is 7.41. The van der Waals surface area contributed by atoms with Crippen LogP contribution in [-0.4, -0.2) is 34.2 Å². The lowest BCUT2D eigenvalue weighted by Crippen LogP contribution is -2.42. The number of urea groups is 1. The Labute approximate surface area is 170 Å². The minimum absolute atomic E-state index is 0.296. The number of nitrogens with zero attached hydrogens (tertiary/aromatic N) is 1. The molecule has 0 spiro atoms. The van der Waals surface area contributed by atoms with E-state index in [1.165, 1.54) is 6.92 Å². The van der Waals surface area contributed by atoms with Gasteiger partial charge in [-0.2, -0.15) is 0 Å². The van der Waals surface area contributed by atoms with Gasteiger partial charge >= 0.3 is 6.03 Å². The first-order valence-corrected chi connectivity index (χ1v) is 9.48. The number of carbonyl (C=O) groups is 3. The highest BCUT2D eigenvalue weighted by atomic mass is 19.1. The molecule has 2 heterocycles. The van der Waals surface area contributed by atoms with E-state index < -0.39 is 41.4 Å². The monoisotopic (exact) mass is 411 g/mol. The third-order valence-electron chi connectivity index (χ3n) is 5.53. The first-order chi connectivity index (χ1) is 14.3. The van der Waals surface area contributed by atoms with Gasteiger partial charge < -0.3 is 10.3 Å². The fraction of sp³-hybridized carbons (Fsp3) is 0.227. The van der Waals surface area contributed by atoms with E-state index in [0.717, 1.165) is 40.6 Å². The van der Waals surface area contributed by atoms with Gasteiger partial charge in [-0.3, -0.25) is 14.5 Å². The van der Waals surface area contributed by atoms with Gasteiger partial charge in [0, 0.05) is 28.2 Å². The Balaban J connectivity index is 1.64. The Hall–Kier alpha value is -3.55. The number of aryl methyl sites for hydroxylation is 1. The molecule has 2 aromatic carbocycles. The van der Waals surface area contributed by atoms with E-state index in [0.29, 0.717) is 10.9 Å². The van der Waals surface area contributed by atoms with Crippen LogP contribution >= 0.6 is 0 Å². The Kier molecular flexibility index (Phi) is 4.64. The molecule has 8 heteroatoms. The summed E-state index contributed by atoms with van der Waals surface area (Å²) in [5, 5.41) is 3.09. The average Bonchev–Trinajstić information content (AvgIpc) is 3.25. The molecule has 1 fully saturated rings. The maximum atomic E-state index is 14.3. The number of carbonyl (C=O) groups excluding carboxylic acids is 3. The number of aromatic nitrogens is 1. The molecule has 0 unspecified atom stereocenters. The second-order valence-corrected chi connectivity index (χ2v) is 7.39. The van der Waals surface area contributed by atoms with E-state index in [2.05, 4.69) is 10.3 Å². The summed E-state index contributed by atoms with van der Waals surface area (Å²) >= 11 is 0. The second kappa shape index (κ2) is 7.05. The molecule has 4 rings (SSSR count). The largest absolute Gasteiger partial charge is 0.360 e. The third-order valence-corrected chi connectivity index (χ3v) is 5.53. The van der Waals surface area contributed by atoms with E-state index in [1.807, 2.05) is 19.1 Å². The van der Waals surface area contributed by atoms with Gasteiger partial charge in [-0.05, 0) is 37.1 Å². The summed E-state index contributed by atoms with van der Waals surface area (Å²) in [6.45, 7) is 2.77. The van der Waals surface area contributed by atoms with Crippen molar-refractivity contribution in [3.63, 3.8) is 0 Å². The maximum absolute atomic E-state index is 14.3. The Morgan fingerprint density at radius 1 is 1.17 bits per heavy atom. The van der Waals surface area contributed by atoms with Crippen molar-refractivity contribution in [1.82, 2.24) is 15.2 Å². The fourth-order valence-electron chi connectivity index (χ4n) is 3.87. The molecular weight excluding hydrogens is 392 g/mol. The molecule has 0 saturated carbocycles. The smallest absolute Gasteiger partial charge is 0.325 e. The number of fused-ring (bicyclic) bond motifs is 1. The topological polar surface area (TPSA) is 82.3 Å². The summed E-state index contributed by atoms with van der Waals surface area (Å²) in [5.74, 6) is -2.83. The van der Waals surface area contributed by atoms with Crippen LogP contribution < -0.4 is 5.32 Å². The summed E-state index contributed by atoms with van der Waals surface area (Å²) in [6.07, 6.45) is 2.33. The van der Waals surface area contributed by atoms with Crippen LogP contribution in [0, 0.1) is 11.6 Å². The van der Waals surface area contributed by atoms with E-state index >= 15 is 0 Å². The second-order valence-electron chi connectivity index (χ2n) is 7.39. The van der Waals surface area contributed by atoms with Crippen LogP contribution in [0.1, 0.15) is 35.3 Å². The molecule has 2 N–H and O–H groups in total. The van der Waals surface area contributed by atoms with Gasteiger partial charge in [-0.15, -0.1) is 0 Å². The summed E-state index contributed by atoms with van der Waals surface area (Å²) in [7, 11) is 0. The molecule has 0 bridgehead atoms. The van der Waals surface area contributed by atoms with Gasteiger partial charge in [0.05, 0.1) is 6.54 Å². The number of halogens is 2. The zero-order valence-electron chi connectivity index (χ0n) is 16.4. The summed E-state index contributed by atoms with van der Waals surface area (Å²) in [5.41, 5.74) is 0.115. The molecule has 1 atom stereocenters. The molecule has 0 aliphatic carbocycles. The highest BCUT2D eigenvalue weighted by Crippen LogP contribution is 2.31. The van der Waals surface area contributed by atoms with Crippen LogP contribution in [0.25, 0.3) is 10.9 Å². The number of benzene rings is 2. The fourth-order valence-corrected chi connectivity index (χ4v) is 3.87. The lowest BCUT2D eigenvalue weighted by atomic mass is 9.91. The van der Waals surface area contributed by atoms with Crippen molar-refractivity contribution in [3.8, 4) is 0 Å². The normalized spacial score (nSPS) is 18.9. The molecule has 1 aromatic heterocycles. The predicted octanol–water partition coefficient (Wildman–Crippen LogP) is 3.66. The van der Waals surface area contributed by atoms with Crippen LogP contribution in [0.4, 0.5) is 13.6 Å². The van der Waals surface area contributed by atoms with Crippen molar-refractivity contribution in [2.24, 2.45) is 0 Å². The molecule has 1 saturated heterocycles. The van der Waals surface area contributed by atoms with Gasteiger partial charge in [0.25, 0.3) is 5.91 Å². The highest BCUT2D eigenvalue weighted by Gasteiger charge is 2.51. The lowest BCUT2D eigenvalue weighted by Gasteiger charge is -2.22. The van der Waals surface area contributed by atoms with Crippen LogP contribution in [0.15, 0.2) is 42.6 Å². The highest BCUT2D eigenvalue weighted by molar-refractivity contribution is 6.14. The molecule has 1 aliphatic rings. The Bertz CT molecular complexity index is 1200. The van der Waals surface area contributed by atoms with Gasteiger partial charge in [-0.25, -0.2) is 13.6 Å². The van der Waals surface area contributed by atoms with Gasteiger partial charge in [-0.1, -0.05) is 25.1 Å². The first kappa shape index (κ1) is 19.8. The van der Waals surface area contributed by atoms with Crippen molar-refractivity contribution < 1.29 is 23.2 Å². The molecular formula is C22H19F2N3O3. The number of ketones is 1. The van der Waals surface area contributed by atoms with Crippen LogP contribution in [0.5, 0.6) is 0 Å². The number of para-hydroxylation sites is 1. The molecule has 30 heavy (non-hydrogen) atoms. The molecule has 1 aliphatic heterocycles. The van der Waals surface area contributed by atoms with Crippen LogP contribution in [0.3, 0.4) is 0 Å². The molecule has 3 amide bonds. The quantitative estimate of drug-likeness (QED) is 0.497. The lowest BCUT2D eigenvalue weighted by molar-refractivity contribution is -0.130. The molecule has 154 valence electrons. The number of amides is 3. The predicted molar refractivity (Wildman–Crippen MR) is 106 cm³/mol. The Morgan fingerprint density at radius 3 is 2.67 bits per heavy atom. The minimum atomic E-state index is -1.81. The van der Waals surface area contributed by atoms with Gasteiger partial charge in [0.1, 0.15) is 17.2 Å². The number of imide groups is 1. The summed E-state index contributed by atoms with van der Waals surface area (Å²) < 4.78 is 27.9. The third kappa shape index (κ3) is 2.96. The number of hydrogen-bond donors (Lipinski definition) is 2. The maximum Gasteiger partial charge on any atom is 0.325 e. The minimum Gasteiger partial charge on any atom is -0.360 e. The Morgan fingerprint density at radius 2 is 1.93 bits per heavy atom. The van der Waals surface area contributed by atoms with Crippen LogP contribution in [-0.2, 0) is 16.8 Å². The number of rotatable bonds is 5. The van der Waals surface area contributed by atoms with Crippen molar-refractivity contribution in [2.45, 2.75) is 25.8 Å².